The van der Waals surface area contributed by atoms with Gasteiger partial charge in [-0.15, -0.1) is 0 Å². The van der Waals surface area contributed by atoms with Gasteiger partial charge >= 0.3 is 0 Å². The highest BCUT2D eigenvalue weighted by Crippen LogP contribution is 2.17. The van der Waals surface area contributed by atoms with Crippen molar-refractivity contribution in [2.24, 2.45) is 5.92 Å². The van der Waals surface area contributed by atoms with E-state index in [1.54, 1.807) is 0 Å². The van der Waals surface area contributed by atoms with E-state index in [0.717, 1.165) is 12.3 Å². The molecule has 0 unspecified atom stereocenters. The predicted octanol–water partition coefficient (Wildman–Crippen LogP) is 5.23. The van der Waals surface area contributed by atoms with E-state index in [1.807, 2.05) is 19.9 Å². The smallest absolute Gasteiger partial charge is 0.00227 e. The second-order valence-electron chi connectivity index (χ2n) is 5.15. The van der Waals surface area contributed by atoms with Crippen molar-refractivity contribution < 1.29 is 0 Å². The molecule has 1 saturated heterocycles. The van der Waals surface area contributed by atoms with Crippen molar-refractivity contribution in [3.63, 3.8) is 0 Å². The molecule has 0 amide bonds. The summed E-state index contributed by atoms with van der Waals surface area (Å²) in [5, 5.41) is 3.27. The Hall–Kier alpha value is -1.60. The van der Waals surface area contributed by atoms with Crippen LogP contribution in [-0.2, 0) is 0 Å². The molecule has 1 aromatic rings. The Morgan fingerprint density at radius 2 is 1.81 bits per heavy atom. The maximum atomic E-state index is 3.27. The molecule has 0 saturated carbocycles. The van der Waals surface area contributed by atoms with Crippen LogP contribution >= 0.6 is 0 Å². The molecule has 0 radical (unpaired) electrons. The van der Waals surface area contributed by atoms with Crippen LogP contribution < -0.4 is 5.32 Å². The zero-order valence-electron chi connectivity index (χ0n) is 13.7. The number of hydrogen-bond acceptors (Lipinski definition) is 1. The maximum Gasteiger partial charge on any atom is -0.00227 e. The van der Waals surface area contributed by atoms with Crippen LogP contribution in [0, 0.1) is 5.92 Å². The molecule has 0 aromatic heterocycles. The van der Waals surface area contributed by atoms with Gasteiger partial charge in [0.05, 0.1) is 0 Å². The first-order valence-electron chi connectivity index (χ1n) is 8.16. The summed E-state index contributed by atoms with van der Waals surface area (Å²) in [6, 6.07) is 10.4. The second kappa shape index (κ2) is 11.1. The molecule has 1 aliphatic carbocycles. The first-order valence-corrected chi connectivity index (χ1v) is 8.16. The van der Waals surface area contributed by atoms with Crippen molar-refractivity contribution in [3.8, 4) is 0 Å². The number of hydrogen-bond donors (Lipinski definition) is 1. The summed E-state index contributed by atoms with van der Waals surface area (Å²) >= 11 is 0. The fourth-order valence-electron chi connectivity index (χ4n) is 2.20. The van der Waals surface area contributed by atoms with Crippen molar-refractivity contribution in [1.29, 1.82) is 0 Å². The fourth-order valence-corrected chi connectivity index (χ4v) is 2.20. The Morgan fingerprint density at radius 1 is 1.05 bits per heavy atom. The minimum atomic E-state index is 0.935. The normalized spacial score (nSPS) is 19.6. The number of rotatable bonds is 1. The summed E-state index contributed by atoms with van der Waals surface area (Å²) in [6.45, 7) is 8.75. The van der Waals surface area contributed by atoms with Crippen LogP contribution in [0.2, 0.25) is 0 Å². The molecule has 1 N–H and O–H groups in total. The van der Waals surface area contributed by atoms with Crippen LogP contribution in [0.4, 0.5) is 0 Å². The Morgan fingerprint density at radius 3 is 2.38 bits per heavy atom. The summed E-state index contributed by atoms with van der Waals surface area (Å²) < 4.78 is 0. The van der Waals surface area contributed by atoms with Crippen LogP contribution in [-0.4, -0.2) is 13.1 Å². The van der Waals surface area contributed by atoms with Gasteiger partial charge in [0.25, 0.3) is 0 Å². The molecule has 0 spiro atoms. The molecule has 1 aliphatic heterocycles. The quantitative estimate of drug-likeness (QED) is 0.744. The molecule has 1 atom stereocenters. The lowest BCUT2D eigenvalue weighted by atomic mass is 10.1. The van der Waals surface area contributed by atoms with Crippen LogP contribution in [0.3, 0.4) is 0 Å². The molecular weight excluding hydrogens is 254 g/mol. The highest BCUT2D eigenvalue weighted by Gasteiger charge is 2.06. The second-order valence-corrected chi connectivity index (χ2v) is 5.15. The van der Waals surface area contributed by atoms with Gasteiger partial charge in [0.15, 0.2) is 0 Å². The number of benzene rings is 1. The standard InChI is InChI=1S/C13H12.C5H11N.C2H6/c1-2-5-9-12(8-4-1)13-10-6-3-7-11-13;1-5-2-3-6-4-5;1-2/h1,3-11H,2H2;5-6H,2-4H2,1H3;1-2H3/t;5-;/m.0./s1. The average molecular weight is 283 g/mol. The summed E-state index contributed by atoms with van der Waals surface area (Å²) in [6.07, 6.45) is 13.2. The van der Waals surface area contributed by atoms with E-state index in [1.165, 1.54) is 30.6 Å². The van der Waals surface area contributed by atoms with Crippen LogP contribution in [0.5, 0.6) is 0 Å². The third kappa shape index (κ3) is 7.10. The first-order chi connectivity index (χ1) is 10.4. The summed E-state index contributed by atoms with van der Waals surface area (Å²) in [7, 11) is 0. The summed E-state index contributed by atoms with van der Waals surface area (Å²) in [4.78, 5) is 0. The Balaban J connectivity index is 0.000000231. The molecule has 1 heteroatoms. The predicted molar refractivity (Wildman–Crippen MR) is 95.3 cm³/mol. The van der Waals surface area contributed by atoms with E-state index in [2.05, 4.69) is 66.9 Å². The SMILES string of the molecule is C1=CCC=CC(c2ccccc2)=C1.CC.C[C@H]1CCNC1. The molecule has 114 valence electrons. The van der Waals surface area contributed by atoms with Gasteiger partial charge in [0, 0.05) is 0 Å². The van der Waals surface area contributed by atoms with E-state index in [9.17, 15) is 0 Å². The highest BCUT2D eigenvalue weighted by molar-refractivity contribution is 5.75. The van der Waals surface area contributed by atoms with Crippen LogP contribution in [0.1, 0.15) is 39.2 Å². The van der Waals surface area contributed by atoms with Gasteiger partial charge in [-0.05, 0) is 43.0 Å². The first kappa shape index (κ1) is 17.5. The van der Waals surface area contributed by atoms with Crippen LogP contribution in [0.25, 0.3) is 5.57 Å². The molecule has 1 aromatic carbocycles. The lowest BCUT2D eigenvalue weighted by Crippen LogP contribution is -2.06. The third-order valence-corrected chi connectivity index (χ3v) is 3.40. The van der Waals surface area contributed by atoms with Crippen molar-refractivity contribution in [2.75, 3.05) is 13.1 Å². The van der Waals surface area contributed by atoms with Gasteiger partial charge in [-0.2, -0.15) is 0 Å². The Bertz CT molecular complexity index is 448. The topological polar surface area (TPSA) is 12.0 Å². The zero-order valence-corrected chi connectivity index (χ0v) is 13.7. The molecular formula is C20H29N. The minimum Gasteiger partial charge on any atom is -0.316 e. The van der Waals surface area contributed by atoms with Crippen molar-refractivity contribution >= 4 is 5.57 Å². The minimum absolute atomic E-state index is 0.935. The van der Waals surface area contributed by atoms with Gasteiger partial charge in [-0.3, -0.25) is 0 Å². The maximum absolute atomic E-state index is 3.27. The summed E-state index contributed by atoms with van der Waals surface area (Å²) in [5.41, 5.74) is 2.57. The van der Waals surface area contributed by atoms with Gasteiger partial charge in [0.1, 0.15) is 0 Å². The van der Waals surface area contributed by atoms with Gasteiger partial charge in [-0.25, -0.2) is 0 Å². The van der Waals surface area contributed by atoms with E-state index >= 15 is 0 Å². The molecule has 1 nitrogen and oxygen atoms in total. The van der Waals surface area contributed by atoms with E-state index in [4.69, 9.17) is 0 Å². The lowest BCUT2D eigenvalue weighted by Gasteiger charge is -1.99. The molecule has 3 rings (SSSR count). The molecule has 21 heavy (non-hydrogen) atoms. The van der Waals surface area contributed by atoms with Crippen LogP contribution in [0.15, 0.2) is 60.7 Å². The largest absolute Gasteiger partial charge is 0.316 e. The molecule has 1 heterocycles. The molecule has 0 bridgehead atoms. The van der Waals surface area contributed by atoms with Crippen molar-refractivity contribution in [1.82, 2.24) is 5.32 Å². The fraction of sp³-hybridized carbons (Fsp3) is 0.400. The monoisotopic (exact) mass is 283 g/mol. The van der Waals surface area contributed by atoms with Crippen molar-refractivity contribution in [3.05, 3.63) is 66.3 Å². The average Bonchev–Trinajstić information content (AvgIpc) is 2.88. The van der Waals surface area contributed by atoms with E-state index < -0.39 is 0 Å². The van der Waals surface area contributed by atoms with E-state index in [-0.39, 0.29) is 0 Å². The Kier molecular flexibility index (Phi) is 9.23. The third-order valence-electron chi connectivity index (χ3n) is 3.40. The van der Waals surface area contributed by atoms with Gasteiger partial charge < -0.3 is 5.32 Å². The zero-order chi connectivity index (χ0) is 15.3. The number of nitrogens with one attached hydrogen (secondary N) is 1. The summed E-state index contributed by atoms with van der Waals surface area (Å²) in [5.74, 6) is 0.935. The van der Waals surface area contributed by atoms with Crippen molar-refractivity contribution in [2.45, 2.75) is 33.6 Å². The van der Waals surface area contributed by atoms with Gasteiger partial charge in [-0.1, -0.05) is 81.5 Å². The van der Waals surface area contributed by atoms with Gasteiger partial charge in [0.2, 0.25) is 0 Å². The molecule has 1 fully saturated rings. The van der Waals surface area contributed by atoms with E-state index in [0.29, 0.717) is 0 Å². The Labute approximate surface area is 130 Å². The number of allylic oxidation sites excluding steroid dienone is 6. The lowest BCUT2D eigenvalue weighted by molar-refractivity contribution is 0.651. The highest BCUT2D eigenvalue weighted by atomic mass is 14.9. The molecule has 2 aliphatic rings.